The van der Waals surface area contributed by atoms with Gasteiger partial charge >= 0.3 is 0 Å². The second-order valence-corrected chi connectivity index (χ2v) is 6.50. The van der Waals surface area contributed by atoms with Crippen LogP contribution in [0.2, 0.25) is 0 Å². The largest absolute Gasteiger partial charge is 0.341 e. The molecule has 3 heteroatoms. The van der Waals surface area contributed by atoms with Crippen LogP contribution < -0.4 is 0 Å². The Labute approximate surface area is 127 Å². The number of carbonyl (C=O) groups excluding carboxylic acids is 1. The monoisotopic (exact) mass is 286 g/mol. The van der Waals surface area contributed by atoms with Gasteiger partial charge in [-0.3, -0.25) is 9.69 Å². The van der Waals surface area contributed by atoms with E-state index in [1.165, 1.54) is 31.4 Å². The zero-order valence-electron chi connectivity index (χ0n) is 12.8. The lowest BCUT2D eigenvalue weighted by Crippen LogP contribution is -2.39. The number of benzene rings is 1. The summed E-state index contributed by atoms with van der Waals surface area (Å²) in [6.45, 7) is 5.08. The van der Waals surface area contributed by atoms with Crippen LogP contribution in [0, 0.1) is 5.92 Å². The fraction of sp³-hybridized carbons (Fsp3) is 0.611. The van der Waals surface area contributed by atoms with Gasteiger partial charge in [0, 0.05) is 39.1 Å². The van der Waals surface area contributed by atoms with Crippen LogP contribution in [0.25, 0.3) is 0 Å². The van der Waals surface area contributed by atoms with Crippen LogP contribution >= 0.6 is 0 Å². The van der Waals surface area contributed by atoms with Crippen LogP contribution in [0.5, 0.6) is 0 Å². The predicted molar refractivity (Wildman–Crippen MR) is 84.9 cm³/mol. The Morgan fingerprint density at radius 1 is 1.14 bits per heavy atom. The van der Waals surface area contributed by atoms with E-state index in [0.717, 1.165) is 44.9 Å². The molecule has 2 aliphatic rings. The molecule has 1 aliphatic heterocycles. The molecule has 1 heterocycles. The number of hydrogen-bond donors (Lipinski definition) is 0. The van der Waals surface area contributed by atoms with Crippen molar-refractivity contribution in [2.75, 3.05) is 26.2 Å². The van der Waals surface area contributed by atoms with E-state index in [9.17, 15) is 4.79 Å². The van der Waals surface area contributed by atoms with Crippen molar-refractivity contribution in [2.45, 2.75) is 38.6 Å². The molecular weight excluding hydrogens is 260 g/mol. The molecule has 0 N–H and O–H groups in total. The summed E-state index contributed by atoms with van der Waals surface area (Å²) >= 11 is 0. The minimum absolute atomic E-state index is 0.346. The van der Waals surface area contributed by atoms with Crippen LogP contribution in [-0.4, -0.2) is 41.9 Å². The first kappa shape index (κ1) is 14.6. The number of hydrogen-bond acceptors (Lipinski definition) is 2. The summed E-state index contributed by atoms with van der Waals surface area (Å²) in [5, 5.41) is 0. The standard InChI is InChI=1S/C18H26N2O/c21-18-10-5-11-20(18)13-12-19(15-17-8-4-9-17)14-16-6-2-1-3-7-16/h1-3,6-7,17H,4-5,8-15H2. The zero-order valence-corrected chi connectivity index (χ0v) is 12.8. The van der Waals surface area contributed by atoms with Gasteiger partial charge in [0.15, 0.2) is 0 Å². The summed E-state index contributed by atoms with van der Waals surface area (Å²) in [5.41, 5.74) is 1.38. The summed E-state index contributed by atoms with van der Waals surface area (Å²) in [6.07, 6.45) is 5.96. The Hall–Kier alpha value is -1.35. The molecule has 1 aromatic rings. The summed E-state index contributed by atoms with van der Waals surface area (Å²) in [6, 6.07) is 10.7. The first-order chi connectivity index (χ1) is 10.3. The third kappa shape index (κ3) is 4.07. The molecule has 21 heavy (non-hydrogen) atoms. The van der Waals surface area contributed by atoms with Gasteiger partial charge in [-0.2, -0.15) is 0 Å². The molecule has 1 saturated carbocycles. The average Bonchev–Trinajstić information content (AvgIpc) is 2.86. The molecule has 0 atom stereocenters. The zero-order chi connectivity index (χ0) is 14.5. The Morgan fingerprint density at radius 3 is 2.57 bits per heavy atom. The molecular formula is C18H26N2O. The lowest BCUT2D eigenvalue weighted by atomic mass is 9.85. The number of rotatable bonds is 7. The Balaban J connectivity index is 1.54. The Morgan fingerprint density at radius 2 is 1.95 bits per heavy atom. The van der Waals surface area contributed by atoms with Gasteiger partial charge in [0.2, 0.25) is 5.91 Å². The molecule has 114 valence electrons. The lowest BCUT2D eigenvalue weighted by molar-refractivity contribution is -0.127. The van der Waals surface area contributed by atoms with Gasteiger partial charge in [0.05, 0.1) is 0 Å². The molecule has 3 rings (SSSR count). The van der Waals surface area contributed by atoms with Gasteiger partial charge < -0.3 is 4.90 Å². The van der Waals surface area contributed by atoms with Crippen molar-refractivity contribution in [3.63, 3.8) is 0 Å². The summed E-state index contributed by atoms with van der Waals surface area (Å²) in [5.74, 6) is 1.22. The molecule has 3 nitrogen and oxygen atoms in total. The SMILES string of the molecule is O=C1CCCN1CCN(Cc1ccccc1)CC1CCC1. The molecule has 0 aromatic heterocycles. The lowest BCUT2D eigenvalue weighted by Gasteiger charge is -2.33. The molecule has 0 radical (unpaired) electrons. The van der Waals surface area contributed by atoms with E-state index in [4.69, 9.17) is 0 Å². The van der Waals surface area contributed by atoms with Crippen LogP contribution in [0.3, 0.4) is 0 Å². The fourth-order valence-corrected chi connectivity index (χ4v) is 3.32. The van der Waals surface area contributed by atoms with Gasteiger partial charge in [0.25, 0.3) is 0 Å². The van der Waals surface area contributed by atoms with Crippen LogP contribution in [0.4, 0.5) is 0 Å². The number of amides is 1. The van der Waals surface area contributed by atoms with E-state index in [1.54, 1.807) is 0 Å². The third-order valence-corrected chi connectivity index (χ3v) is 4.85. The minimum atomic E-state index is 0.346. The second kappa shape index (κ2) is 7.08. The minimum Gasteiger partial charge on any atom is -0.341 e. The highest BCUT2D eigenvalue weighted by atomic mass is 16.2. The first-order valence-corrected chi connectivity index (χ1v) is 8.35. The van der Waals surface area contributed by atoms with Crippen molar-refractivity contribution >= 4 is 5.91 Å². The normalized spacial score (nSPS) is 19.3. The van der Waals surface area contributed by atoms with Crippen molar-refractivity contribution in [3.8, 4) is 0 Å². The van der Waals surface area contributed by atoms with Gasteiger partial charge in [0.1, 0.15) is 0 Å². The molecule has 1 amide bonds. The van der Waals surface area contributed by atoms with E-state index < -0.39 is 0 Å². The maximum Gasteiger partial charge on any atom is 0.222 e. The highest BCUT2D eigenvalue weighted by molar-refractivity contribution is 5.78. The van der Waals surface area contributed by atoms with E-state index in [0.29, 0.717) is 5.91 Å². The van der Waals surface area contributed by atoms with E-state index in [1.807, 2.05) is 4.90 Å². The fourth-order valence-electron chi connectivity index (χ4n) is 3.32. The van der Waals surface area contributed by atoms with Crippen molar-refractivity contribution in [1.29, 1.82) is 0 Å². The van der Waals surface area contributed by atoms with Crippen LogP contribution in [0.15, 0.2) is 30.3 Å². The van der Waals surface area contributed by atoms with Crippen molar-refractivity contribution < 1.29 is 4.79 Å². The highest BCUT2D eigenvalue weighted by Gasteiger charge is 2.23. The number of nitrogens with zero attached hydrogens (tertiary/aromatic N) is 2. The molecule has 0 spiro atoms. The smallest absolute Gasteiger partial charge is 0.222 e. The first-order valence-electron chi connectivity index (χ1n) is 8.35. The molecule has 1 aromatic carbocycles. The quantitative estimate of drug-likeness (QED) is 0.769. The second-order valence-electron chi connectivity index (χ2n) is 6.50. The summed E-state index contributed by atoms with van der Waals surface area (Å²) < 4.78 is 0. The third-order valence-electron chi connectivity index (χ3n) is 4.85. The maximum atomic E-state index is 11.7. The van der Waals surface area contributed by atoms with Crippen molar-refractivity contribution in [3.05, 3.63) is 35.9 Å². The van der Waals surface area contributed by atoms with Crippen LogP contribution in [-0.2, 0) is 11.3 Å². The summed E-state index contributed by atoms with van der Waals surface area (Å²) in [4.78, 5) is 16.3. The number of likely N-dealkylation sites (tertiary alicyclic amines) is 1. The Bertz CT molecular complexity index is 456. The molecule has 1 aliphatic carbocycles. The van der Waals surface area contributed by atoms with Crippen molar-refractivity contribution in [2.24, 2.45) is 5.92 Å². The topological polar surface area (TPSA) is 23.6 Å². The molecule has 1 saturated heterocycles. The van der Waals surface area contributed by atoms with Crippen LogP contribution in [0.1, 0.15) is 37.7 Å². The summed E-state index contributed by atoms with van der Waals surface area (Å²) in [7, 11) is 0. The highest BCUT2D eigenvalue weighted by Crippen LogP contribution is 2.27. The maximum absolute atomic E-state index is 11.7. The number of carbonyl (C=O) groups is 1. The van der Waals surface area contributed by atoms with Gasteiger partial charge in [-0.25, -0.2) is 0 Å². The van der Waals surface area contributed by atoms with Crippen molar-refractivity contribution in [1.82, 2.24) is 9.80 Å². The Kier molecular flexibility index (Phi) is 4.91. The van der Waals surface area contributed by atoms with Gasteiger partial charge in [-0.15, -0.1) is 0 Å². The predicted octanol–water partition coefficient (Wildman–Crippen LogP) is 2.91. The molecule has 2 fully saturated rings. The molecule has 0 unspecified atom stereocenters. The van der Waals surface area contributed by atoms with E-state index in [2.05, 4.69) is 35.2 Å². The average molecular weight is 286 g/mol. The van der Waals surface area contributed by atoms with E-state index in [-0.39, 0.29) is 0 Å². The van der Waals surface area contributed by atoms with Gasteiger partial charge in [-0.05, 0) is 30.7 Å². The van der Waals surface area contributed by atoms with E-state index >= 15 is 0 Å². The molecule has 0 bridgehead atoms. The van der Waals surface area contributed by atoms with Gasteiger partial charge in [-0.1, -0.05) is 36.8 Å².